The maximum atomic E-state index is 11.5. The lowest BCUT2D eigenvalue weighted by Crippen LogP contribution is -2.49. The minimum Gasteiger partial charge on any atom is -0.481 e. The van der Waals surface area contributed by atoms with Crippen molar-refractivity contribution in [2.75, 3.05) is 13.1 Å². The van der Waals surface area contributed by atoms with Gasteiger partial charge in [-0.15, -0.1) is 0 Å². The van der Waals surface area contributed by atoms with E-state index in [4.69, 9.17) is 5.11 Å². The molecule has 13 heavy (non-hydrogen) atoms. The molecular formula is C9H13NO3. The molecule has 1 heterocycles. The summed E-state index contributed by atoms with van der Waals surface area (Å²) in [6, 6.07) is 0. The van der Waals surface area contributed by atoms with Gasteiger partial charge in [0, 0.05) is 24.9 Å². The average Bonchev–Trinajstić information content (AvgIpc) is 2.02. The lowest BCUT2D eigenvalue weighted by molar-refractivity contribution is -0.147. The number of hydrogen-bond donors (Lipinski definition) is 2. The molecule has 0 aromatic carbocycles. The molecule has 2 atom stereocenters. The zero-order chi connectivity index (χ0) is 9.42. The first-order valence-electron chi connectivity index (χ1n) is 4.65. The van der Waals surface area contributed by atoms with Crippen LogP contribution >= 0.6 is 0 Å². The molecule has 72 valence electrons. The maximum Gasteiger partial charge on any atom is 0.306 e. The van der Waals surface area contributed by atoms with Crippen LogP contribution in [0, 0.1) is 17.8 Å². The molecule has 1 saturated carbocycles. The van der Waals surface area contributed by atoms with Gasteiger partial charge in [-0.3, -0.25) is 9.59 Å². The summed E-state index contributed by atoms with van der Waals surface area (Å²) in [6.45, 7) is 1.33. The van der Waals surface area contributed by atoms with Crippen LogP contribution in [0.5, 0.6) is 0 Å². The average molecular weight is 183 g/mol. The highest BCUT2D eigenvalue weighted by molar-refractivity contribution is 5.87. The maximum absolute atomic E-state index is 11.5. The van der Waals surface area contributed by atoms with Crippen molar-refractivity contribution in [2.24, 2.45) is 17.8 Å². The second-order valence-corrected chi connectivity index (χ2v) is 3.96. The summed E-state index contributed by atoms with van der Waals surface area (Å²) in [5.41, 5.74) is 0. The first kappa shape index (κ1) is 8.69. The lowest BCUT2D eigenvalue weighted by atomic mass is 9.72. The van der Waals surface area contributed by atoms with Gasteiger partial charge in [0.1, 0.15) is 5.78 Å². The number of ketones is 1. The Balaban J connectivity index is 2.11. The van der Waals surface area contributed by atoms with E-state index in [0.29, 0.717) is 25.9 Å². The van der Waals surface area contributed by atoms with Crippen LogP contribution < -0.4 is 5.32 Å². The second-order valence-electron chi connectivity index (χ2n) is 3.96. The number of Topliss-reactive ketones (excluding diaryl/α,β-unsaturated/α-hetero) is 1. The number of rotatable bonds is 1. The molecule has 1 saturated heterocycles. The number of nitrogens with one attached hydrogen (secondary N) is 1. The minimum absolute atomic E-state index is 0.0476. The monoisotopic (exact) mass is 183 g/mol. The van der Waals surface area contributed by atoms with Crippen LogP contribution in [0.25, 0.3) is 0 Å². The van der Waals surface area contributed by atoms with Crippen LogP contribution in [0.1, 0.15) is 12.8 Å². The zero-order valence-electron chi connectivity index (χ0n) is 7.32. The van der Waals surface area contributed by atoms with Crippen molar-refractivity contribution in [3.63, 3.8) is 0 Å². The van der Waals surface area contributed by atoms with Gasteiger partial charge in [-0.05, 0) is 12.8 Å². The van der Waals surface area contributed by atoms with Crippen LogP contribution in [-0.2, 0) is 9.59 Å². The summed E-state index contributed by atoms with van der Waals surface area (Å²) in [5, 5.41) is 12.0. The highest BCUT2D eigenvalue weighted by Crippen LogP contribution is 2.32. The van der Waals surface area contributed by atoms with E-state index in [1.54, 1.807) is 0 Å². The number of carboxylic acid groups (broad SMARTS) is 1. The molecule has 0 aromatic rings. The zero-order valence-corrected chi connectivity index (χ0v) is 7.32. The molecule has 2 unspecified atom stereocenters. The Kier molecular flexibility index (Phi) is 2.07. The van der Waals surface area contributed by atoms with Crippen molar-refractivity contribution in [1.29, 1.82) is 0 Å². The fourth-order valence-electron chi connectivity index (χ4n) is 2.35. The summed E-state index contributed by atoms with van der Waals surface area (Å²) in [6.07, 6.45) is 1.05. The third-order valence-corrected chi connectivity index (χ3v) is 3.07. The normalized spacial score (nSPS) is 38.8. The fourth-order valence-corrected chi connectivity index (χ4v) is 2.35. The van der Waals surface area contributed by atoms with Gasteiger partial charge in [-0.1, -0.05) is 0 Å². The molecule has 0 amide bonds. The number of carbonyl (C=O) groups excluding carboxylic acids is 1. The van der Waals surface area contributed by atoms with Gasteiger partial charge in [0.2, 0.25) is 0 Å². The number of hydrogen-bond acceptors (Lipinski definition) is 3. The Morgan fingerprint density at radius 3 is 2.31 bits per heavy atom. The van der Waals surface area contributed by atoms with E-state index < -0.39 is 5.97 Å². The Labute approximate surface area is 76.3 Å². The highest BCUT2D eigenvalue weighted by Gasteiger charge is 2.41. The molecule has 2 N–H and O–H groups in total. The molecule has 2 bridgehead atoms. The van der Waals surface area contributed by atoms with Crippen LogP contribution in [0.4, 0.5) is 0 Å². The van der Waals surface area contributed by atoms with Crippen molar-refractivity contribution < 1.29 is 14.7 Å². The number of aliphatic carboxylic acids is 1. The van der Waals surface area contributed by atoms with Gasteiger partial charge >= 0.3 is 5.97 Å². The minimum atomic E-state index is -0.746. The molecule has 2 rings (SSSR count). The summed E-state index contributed by atoms with van der Waals surface area (Å²) in [7, 11) is 0. The summed E-state index contributed by atoms with van der Waals surface area (Å²) >= 11 is 0. The number of piperidine rings is 1. The van der Waals surface area contributed by atoms with E-state index in [1.807, 2.05) is 0 Å². The van der Waals surface area contributed by atoms with E-state index in [2.05, 4.69) is 5.32 Å². The number of fused-ring (bicyclic) bond motifs is 2. The quantitative estimate of drug-likeness (QED) is 0.595. The predicted octanol–water partition coefficient (Wildman–Crippen LogP) is -0.114. The third-order valence-electron chi connectivity index (χ3n) is 3.07. The van der Waals surface area contributed by atoms with Crippen molar-refractivity contribution in [2.45, 2.75) is 12.8 Å². The van der Waals surface area contributed by atoms with Crippen molar-refractivity contribution >= 4 is 11.8 Å². The Bertz CT molecular complexity index is 235. The Morgan fingerprint density at radius 1 is 1.31 bits per heavy atom. The largest absolute Gasteiger partial charge is 0.481 e. The first-order chi connectivity index (χ1) is 6.18. The number of carboxylic acids is 1. The Hall–Kier alpha value is -0.900. The highest BCUT2D eigenvalue weighted by atomic mass is 16.4. The third kappa shape index (κ3) is 1.46. The molecule has 2 aliphatic rings. The molecule has 1 aliphatic heterocycles. The van der Waals surface area contributed by atoms with Crippen LogP contribution in [0.3, 0.4) is 0 Å². The molecule has 4 nitrogen and oxygen atoms in total. The summed E-state index contributed by atoms with van der Waals surface area (Å²) in [4.78, 5) is 22.3. The van der Waals surface area contributed by atoms with Gasteiger partial charge in [0.25, 0.3) is 0 Å². The number of carbonyl (C=O) groups is 2. The summed E-state index contributed by atoms with van der Waals surface area (Å²) < 4.78 is 0. The van der Waals surface area contributed by atoms with Crippen LogP contribution in [0.15, 0.2) is 0 Å². The van der Waals surface area contributed by atoms with E-state index in [9.17, 15) is 9.59 Å². The van der Waals surface area contributed by atoms with Gasteiger partial charge < -0.3 is 10.4 Å². The topological polar surface area (TPSA) is 66.4 Å². The van der Waals surface area contributed by atoms with Crippen molar-refractivity contribution in [3.05, 3.63) is 0 Å². The summed E-state index contributed by atoms with van der Waals surface area (Å²) in [5.74, 6) is -0.863. The predicted molar refractivity (Wildman–Crippen MR) is 45.2 cm³/mol. The van der Waals surface area contributed by atoms with Gasteiger partial charge in [-0.25, -0.2) is 0 Å². The smallest absolute Gasteiger partial charge is 0.306 e. The van der Waals surface area contributed by atoms with Gasteiger partial charge in [-0.2, -0.15) is 0 Å². The van der Waals surface area contributed by atoms with Gasteiger partial charge in [0.05, 0.1) is 5.92 Å². The molecule has 0 aromatic heterocycles. The van der Waals surface area contributed by atoms with E-state index in [0.717, 1.165) is 0 Å². The molecule has 1 aliphatic carbocycles. The van der Waals surface area contributed by atoms with Gasteiger partial charge in [0.15, 0.2) is 0 Å². The second kappa shape index (κ2) is 3.10. The Morgan fingerprint density at radius 2 is 1.85 bits per heavy atom. The first-order valence-corrected chi connectivity index (χ1v) is 4.65. The molecule has 0 radical (unpaired) electrons. The molecule has 0 spiro atoms. The van der Waals surface area contributed by atoms with E-state index in [-0.39, 0.29) is 23.5 Å². The van der Waals surface area contributed by atoms with Crippen LogP contribution in [-0.4, -0.2) is 29.9 Å². The van der Waals surface area contributed by atoms with E-state index in [1.165, 1.54) is 0 Å². The lowest BCUT2D eigenvalue weighted by Gasteiger charge is -2.36. The van der Waals surface area contributed by atoms with E-state index >= 15 is 0 Å². The molecular weight excluding hydrogens is 170 g/mol. The molecule has 2 fully saturated rings. The van der Waals surface area contributed by atoms with Crippen LogP contribution in [0.2, 0.25) is 0 Å². The fraction of sp³-hybridized carbons (Fsp3) is 0.778. The molecule has 4 heteroatoms. The SMILES string of the molecule is O=C(O)C1CC2CNCC(C1)C2=O. The van der Waals surface area contributed by atoms with Crippen molar-refractivity contribution in [3.8, 4) is 0 Å². The van der Waals surface area contributed by atoms with Crippen molar-refractivity contribution in [1.82, 2.24) is 5.32 Å². The standard InChI is InChI=1S/C9H13NO3/c11-8-6-1-5(9(12)13)2-7(8)4-10-3-6/h5-7,10H,1-4H2,(H,12,13).